The standard InChI is InChI=1S/C14H15N7O3S3/c1-7-5-25-12(15-7)16-9(22)6-26-14-19-18-13(27-14)17-10(23)8-4-21(2)20-11(8)24-3/h4-5H,6H2,1-3H3,(H,15,16,22)(H,17,18,23). The molecule has 0 aliphatic carbocycles. The molecule has 0 aromatic carbocycles. The lowest BCUT2D eigenvalue weighted by molar-refractivity contribution is -0.113. The van der Waals surface area contributed by atoms with E-state index in [0.29, 0.717) is 20.2 Å². The fraction of sp³-hybridized carbons (Fsp3) is 0.286. The van der Waals surface area contributed by atoms with Crippen molar-refractivity contribution >= 4 is 56.5 Å². The molecule has 2 amide bonds. The minimum atomic E-state index is -0.399. The molecule has 0 saturated carbocycles. The Morgan fingerprint density at radius 2 is 2.11 bits per heavy atom. The van der Waals surface area contributed by atoms with E-state index in [-0.39, 0.29) is 17.5 Å². The highest BCUT2D eigenvalue weighted by atomic mass is 32.2. The molecule has 0 saturated heterocycles. The SMILES string of the molecule is COc1nn(C)cc1C(=O)Nc1nnc(SCC(=O)Nc2nc(C)cs2)s1. The topological polar surface area (TPSA) is 124 Å². The second kappa shape index (κ2) is 8.45. The van der Waals surface area contributed by atoms with Gasteiger partial charge in [0.25, 0.3) is 5.91 Å². The van der Waals surface area contributed by atoms with Gasteiger partial charge in [0.05, 0.1) is 18.6 Å². The molecule has 0 radical (unpaired) electrons. The molecule has 0 aliphatic heterocycles. The fourth-order valence-electron chi connectivity index (χ4n) is 1.95. The van der Waals surface area contributed by atoms with E-state index in [0.717, 1.165) is 5.69 Å². The van der Waals surface area contributed by atoms with E-state index in [9.17, 15) is 9.59 Å². The third-order valence-corrected chi connectivity index (χ3v) is 5.90. The number of thiazole rings is 1. The molecule has 0 spiro atoms. The van der Waals surface area contributed by atoms with Crippen molar-refractivity contribution in [2.75, 3.05) is 23.5 Å². The zero-order valence-electron chi connectivity index (χ0n) is 14.5. The first-order valence-electron chi connectivity index (χ1n) is 7.52. The van der Waals surface area contributed by atoms with Gasteiger partial charge < -0.3 is 10.1 Å². The van der Waals surface area contributed by atoms with Crippen molar-refractivity contribution in [3.05, 3.63) is 22.8 Å². The molecule has 27 heavy (non-hydrogen) atoms. The summed E-state index contributed by atoms with van der Waals surface area (Å²) in [5, 5.41) is 20.0. The van der Waals surface area contributed by atoms with Crippen molar-refractivity contribution in [3.8, 4) is 5.88 Å². The van der Waals surface area contributed by atoms with Crippen LogP contribution in [0.4, 0.5) is 10.3 Å². The number of nitrogens with one attached hydrogen (secondary N) is 2. The molecule has 0 fully saturated rings. The predicted molar refractivity (Wildman–Crippen MR) is 104 cm³/mol. The summed E-state index contributed by atoms with van der Waals surface area (Å²) in [6.45, 7) is 1.86. The van der Waals surface area contributed by atoms with Gasteiger partial charge in [0.15, 0.2) is 9.47 Å². The lowest BCUT2D eigenvalue weighted by atomic mass is 10.3. The van der Waals surface area contributed by atoms with Crippen molar-refractivity contribution in [3.63, 3.8) is 0 Å². The maximum atomic E-state index is 12.3. The maximum absolute atomic E-state index is 12.3. The van der Waals surface area contributed by atoms with E-state index in [1.807, 2.05) is 12.3 Å². The van der Waals surface area contributed by atoms with Crippen LogP contribution in [0.2, 0.25) is 0 Å². The smallest absolute Gasteiger partial charge is 0.264 e. The molecule has 3 aromatic rings. The Balaban J connectivity index is 1.53. The number of carbonyl (C=O) groups is 2. The first kappa shape index (κ1) is 19.3. The third-order valence-electron chi connectivity index (χ3n) is 3.05. The molecule has 0 aliphatic rings. The molecule has 0 bridgehead atoms. The lowest BCUT2D eigenvalue weighted by Crippen LogP contribution is -2.13. The van der Waals surface area contributed by atoms with Gasteiger partial charge >= 0.3 is 0 Å². The second-order valence-electron chi connectivity index (χ2n) is 5.18. The van der Waals surface area contributed by atoms with Crippen molar-refractivity contribution in [2.45, 2.75) is 11.3 Å². The highest BCUT2D eigenvalue weighted by Gasteiger charge is 2.18. The van der Waals surface area contributed by atoms with E-state index < -0.39 is 5.91 Å². The first-order chi connectivity index (χ1) is 12.9. The minimum Gasteiger partial charge on any atom is -0.479 e. The van der Waals surface area contributed by atoms with Gasteiger partial charge in [0.2, 0.25) is 16.9 Å². The van der Waals surface area contributed by atoms with Gasteiger partial charge in [-0.2, -0.15) is 0 Å². The Kier molecular flexibility index (Phi) is 6.03. The van der Waals surface area contributed by atoms with Gasteiger partial charge in [0, 0.05) is 18.6 Å². The van der Waals surface area contributed by atoms with Crippen LogP contribution < -0.4 is 15.4 Å². The number of nitrogens with zero attached hydrogens (tertiary/aromatic N) is 5. The lowest BCUT2D eigenvalue weighted by Gasteiger charge is -2.00. The van der Waals surface area contributed by atoms with Crippen molar-refractivity contribution in [1.82, 2.24) is 25.0 Å². The van der Waals surface area contributed by atoms with Crippen LogP contribution in [0.15, 0.2) is 15.9 Å². The third kappa shape index (κ3) is 5.02. The van der Waals surface area contributed by atoms with Gasteiger partial charge in [-0.05, 0) is 6.92 Å². The van der Waals surface area contributed by atoms with Crippen LogP contribution in [-0.2, 0) is 11.8 Å². The number of thioether (sulfide) groups is 1. The van der Waals surface area contributed by atoms with Crippen molar-refractivity contribution in [1.29, 1.82) is 0 Å². The van der Waals surface area contributed by atoms with E-state index in [1.54, 1.807) is 13.2 Å². The average Bonchev–Trinajstić information content (AvgIpc) is 3.33. The molecule has 3 rings (SSSR count). The van der Waals surface area contributed by atoms with E-state index >= 15 is 0 Å². The predicted octanol–water partition coefficient (Wildman–Crippen LogP) is 2.03. The van der Waals surface area contributed by atoms with Gasteiger partial charge in [-0.1, -0.05) is 23.1 Å². The van der Waals surface area contributed by atoms with Crippen LogP contribution in [0.1, 0.15) is 16.1 Å². The molecular weight excluding hydrogens is 410 g/mol. The number of amides is 2. The van der Waals surface area contributed by atoms with E-state index in [2.05, 4.69) is 30.9 Å². The quantitative estimate of drug-likeness (QED) is 0.435. The number of methoxy groups -OCH3 is 1. The zero-order valence-corrected chi connectivity index (χ0v) is 17.0. The second-order valence-corrected chi connectivity index (χ2v) is 8.24. The Bertz CT molecular complexity index is 965. The van der Waals surface area contributed by atoms with Crippen molar-refractivity contribution in [2.24, 2.45) is 7.05 Å². The summed E-state index contributed by atoms with van der Waals surface area (Å²) in [4.78, 5) is 28.4. The molecule has 13 heteroatoms. The van der Waals surface area contributed by atoms with Gasteiger partial charge in [0.1, 0.15) is 5.56 Å². The average molecular weight is 426 g/mol. The zero-order chi connectivity index (χ0) is 19.4. The summed E-state index contributed by atoms with van der Waals surface area (Å²) in [5.74, 6) is -0.194. The minimum absolute atomic E-state index is 0.164. The van der Waals surface area contributed by atoms with Crippen LogP contribution in [0.25, 0.3) is 0 Å². The number of aryl methyl sites for hydroxylation is 2. The monoisotopic (exact) mass is 425 g/mol. The molecule has 0 atom stereocenters. The number of hydrogen-bond acceptors (Lipinski definition) is 10. The molecule has 10 nitrogen and oxygen atoms in total. The number of anilines is 2. The maximum Gasteiger partial charge on any atom is 0.264 e. The molecule has 3 aromatic heterocycles. The van der Waals surface area contributed by atoms with Crippen LogP contribution in [0.5, 0.6) is 5.88 Å². The summed E-state index contributed by atoms with van der Waals surface area (Å²) >= 11 is 3.77. The largest absolute Gasteiger partial charge is 0.479 e. The summed E-state index contributed by atoms with van der Waals surface area (Å²) in [6, 6.07) is 0. The number of ether oxygens (including phenoxy) is 1. The summed E-state index contributed by atoms with van der Waals surface area (Å²) in [5.41, 5.74) is 1.15. The number of hydrogen-bond donors (Lipinski definition) is 2. The summed E-state index contributed by atoms with van der Waals surface area (Å²) in [7, 11) is 3.13. The fourth-order valence-corrected chi connectivity index (χ4v) is 4.20. The highest BCUT2D eigenvalue weighted by molar-refractivity contribution is 8.01. The van der Waals surface area contributed by atoms with Crippen LogP contribution in [0, 0.1) is 6.92 Å². The molecule has 142 valence electrons. The molecule has 0 unspecified atom stereocenters. The Labute approximate surface area is 166 Å². The Hall–Kier alpha value is -2.51. The summed E-state index contributed by atoms with van der Waals surface area (Å²) < 4.78 is 7.11. The van der Waals surface area contributed by atoms with Gasteiger partial charge in [-0.3, -0.25) is 19.6 Å². The van der Waals surface area contributed by atoms with Crippen molar-refractivity contribution < 1.29 is 14.3 Å². The Morgan fingerprint density at radius 3 is 2.81 bits per heavy atom. The Morgan fingerprint density at radius 1 is 1.30 bits per heavy atom. The van der Waals surface area contributed by atoms with Gasteiger partial charge in [-0.25, -0.2) is 4.98 Å². The van der Waals surface area contributed by atoms with Crippen LogP contribution >= 0.6 is 34.4 Å². The highest BCUT2D eigenvalue weighted by Crippen LogP contribution is 2.27. The summed E-state index contributed by atoms with van der Waals surface area (Å²) in [6.07, 6.45) is 1.55. The van der Waals surface area contributed by atoms with Crippen LogP contribution in [0.3, 0.4) is 0 Å². The van der Waals surface area contributed by atoms with E-state index in [1.165, 1.54) is 46.2 Å². The van der Waals surface area contributed by atoms with Crippen LogP contribution in [-0.4, -0.2) is 49.6 Å². The first-order valence-corrected chi connectivity index (χ1v) is 10.2. The normalized spacial score (nSPS) is 10.6. The molecular formula is C14H15N7O3S3. The van der Waals surface area contributed by atoms with Gasteiger partial charge in [-0.15, -0.1) is 26.6 Å². The number of aromatic nitrogens is 5. The number of rotatable bonds is 7. The van der Waals surface area contributed by atoms with E-state index in [4.69, 9.17) is 4.74 Å². The number of carbonyl (C=O) groups excluding carboxylic acids is 2. The molecule has 3 heterocycles. The molecule has 2 N–H and O–H groups in total.